The number of carbonyl (C=O) groups is 1. The maximum absolute atomic E-state index is 13.4. The van der Waals surface area contributed by atoms with Gasteiger partial charge in [-0.1, -0.05) is 0 Å². The van der Waals surface area contributed by atoms with Crippen molar-refractivity contribution in [1.29, 1.82) is 0 Å². The maximum atomic E-state index is 13.4. The molecule has 168 valence electrons. The number of rotatable bonds is 9. The van der Waals surface area contributed by atoms with Crippen molar-refractivity contribution in [2.75, 3.05) is 25.0 Å². The highest BCUT2D eigenvalue weighted by molar-refractivity contribution is 7.92. The molecule has 0 radical (unpaired) electrons. The highest BCUT2D eigenvalue weighted by Crippen LogP contribution is 2.31. The molecule has 11 heteroatoms. The average Bonchev–Trinajstić information content (AvgIpc) is 3.47. The zero-order chi connectivity index (χ0) is 21.8. The molecule has 2 aliphatic rings. The second-order valence-electron chi connectivity index (χ2n) is 8.15. The minimum atomic E-state index is -2.62. The molecule has 1 saturated heterocycles. The van der Waals surface area contributed by atoms with Gasteiger partial charge in [0, 0.05) is 31.7 Å². The molecule has 1 saturated carbocycles. The molecule has 2 fully saturated rings. The summed E-state index contributed by atoms with van der Waals surface area (Å²) in [5.41, 5.74) is 1.29. The Morgan fingerprint density at radius 3 is 3.10 bits per heavy atom. The normalized spacial score (nSPS) is 23.3. The molecule has 2 aromatic rings. The van der Waals surface area contributed by atoms with Gasteiger partial charge >= 0.3 is 0 Å². The first-order chi connectivity index (χ1) is 14.9. The Morgan fingerprint density at radius 2 is 2.32 bits per heavy atom. The molecular formula is C20H25F2N5O2S2. The fourth-order valence-electron chi connectivity index (χ4n) is 4.21. The molecule has 3 N–H and O–H groups in total. The van der Waals surface area contributed by atoms with Crippen LogP contribution in [0, 0.1) is 5.92 Å². The third-order valence-electron chi connectivity index (χ3n) is 5.74. The van der Waals surface area contributed by atoms with E-state index in [0.29, 0.717) is 41.9 Å². The summed E-state index contributed by atoms with van der Waals surface area (Å²) in [6.07, 6.45) is 5.74. The number of anilines is 1. The van der Waals surface area contributed by atoms with Crippen LogP contribution < -0.4 is 10.5 Å². The SMILES string of the molecule is NSOCC1CCC(Nc2ncncc2C(=O)c2cc(CN3CCC(F)(F)C3)cs2)C1. The summed E-state index contributed by atoms with van der Waals surface area (Å²) in [6, 6.07) is 1.99. The van der Waals surface area contributed by atoms with Crippen LogP contribution in [0.4, 0.5) is 14.6 Å². The Labute approximate surface area is 188 Å². The molecule has 3 heterocycles. The monoisotopic (exact) mass is 469 g/mol. The quantitative estimate of drug-likeness (QED) is 0.326. The molecular weight excluding hydrogens is 444 g/mol. The first-order valence-corrected chi connectivity index (χ1v) is 11.9. The molecule has 1 aliphatic heterocycles. The molecule has 31 heavy (non-hydrogen) atoms. The van der Waals surface area contributed by atoms with Gasteiger partial charge in [-0.25, -0.2) is 18.7 Å². The second-order valence-corrected chi connectivity index (χ2v) is 9.49. The summed E-state index contributed by atoms with van der Waals surface area (Å²) in [4.78, 5) is 23.7. The number of nitrogens with two attached hydrogens (primary N) is 1. The lowest BCUT2D eigenvalue weighted by atomic mass is 10.1. The molecule has 0 aromatic carbocycles. The number of likely N-dealkylation sites (tertiary alicyclic amines) is 1. The van der Waals surface area contributed by atoms with Gasteiger partial charge in [0.05, 0.1) is 35.8 Å². The third-order valence-corrected chi connectivity index (χ3v) is 6.99. The minimum absolute atomic E-state index is 0.113. The van der Waals surface area contributed by atoms with Crippen molar-refractivity contribution in [1.82, 2.24) is 14.9 Å². The van der Waals surface area contributed by atoms with Crippen molar-refractivity contribution in [2.24, 2.45) is 11.1 Å². The number of nitrogens with one attached hydrogen (secondary N) is 1. The molecule has 1 aliphatic carbocycles. The molecule has 0 amide bonds. The van der Waals surface area contributed by atoms with Crippen LogP contribution in [0.25, 0.3) is 0 Å². The summed E-state index contributed by atoms with van der Waals surface area (Å²) in [7, 11) is 0. The van der Waals surface area contributed by atoms with Gasteiger partial charge in [0.1, 0.15) is 12.1 Å². The highest BCUT2D eigenvalue weighted by Gasteiger charge is 2.38. The van der Waals surface area contributed by atoms with Gasteiger partial charge < -0.3 is 9.50 Å². The van der Waals surface area contributed by atoms with Gasteiger partial charge in [0.2, 0.25) is 5.78 Å². The topological polar surface area (TPSA) is 93.4 Å². The highest BCUT2D eigenvalue weighted by atomic mass is 32.2. The van der Waals surface area contributed by atoms with Crippen LogP contribution in [0.1, 0.15) is 46.5 Å². The van der Waals surface area contributed by atoms with Crippen molar-refractivity contribution in [3.05, 3.63) is 40.0 Å². The van der Waals surface area contributed by atoms with E-state index in [1.165, 1.54) is 23.9 Å². The largest absolute Gasteiger partial charge is 0.367 e. The molecule has 2 unspecified atom stereocenters. The summed E-state index contributed by atoms with van der Waals surface area (Å²) >= 11 is 2.20. The van der Waals surface area contributed by atoms with E-state index in [4.69, 9.17) is 9.32 Å². The van der Waals surface area contributed by atoms with Crippen molar-refractivity contribution in [3.8, 4) is 0 Å². The lowest BCUT2D eigenvalue weighted by Crippen LogP contribution is -2.24. The van der Waals surface area contributed by atoms with E-state index >= 15 is 0 Å². The minimum Gasteiger partial charge on any atom is -0.367 e. The van der Waals surface area contributed by atoms with Crippen LogP contribution in [0.3, 0.4) is 0 Å². The molecule has 7 nitrogen and oxygen atoms in total. The van der Waals surface area contributed by atoms with Crippen molar-refractivity contribution in [2.45, 2.75) is 44.2 Å². The lowest BCUT2D eigenvalue weighted by Gasteiger charge is -2.16. The maximum Gasteiger partial charge on any atom is 0.261 e. The summed E-state index contributed by atoms with van der Waals surface area (Å²) in [5, 5.41) is 10.6. The Balaban J connectivity index is 1.40. The molecule has 0 spiro atoms. The van der Waals surface area contributed by atoms with Crippen LogP contribution in [-0.2, 0) is 10.7 Å². The summed E-state index contributed by atoms with van der Waals surface area (Å²) < 4.78 is 32.1. The Hall–Kier alpha value is -1.66. The fraction of sp³-hybridized carbons (Fsp3) is 0.550. The van der Waals surface area contributed by atoms with E-state index in [2.05, 4.69) is 15.3 Å². The molecule has 2 aromatic heterocycles. The van der Waals surface area contributed by atoms with E-state index < -0.39 is 5.92 Å². The second kappa shape index (κ2) is 9.86. The summed E-state index contributed by atoms with van der Waals surface area (Å²) in [6.45, 7) is 1.16. The number of thiophene rings is 1. The standard InChI is InChI=1S/C20H25F2N5O2S2/c21-20(22)3-4-27(11-20)8-14-6-17(30-10-14)18(28)16-7-24-12-25-19(16)26-15-2-1-13(5-15)9-29-31-23/h6-7,10,12-13,15H,1-5,8-9,11,23H2,(H,24,25,26). The fourth-order valence-corrected chi connectivity index (χ4v) is 5.34. The van der Waals surface area contributed by atoms with Gasteiger partial charge in [-0.3, -0.25) is 14.8 Å². The lowest BCUT2D eigenvalue weighted by molar-refractivity contribution is 0.0115. The smallest absolute Gasteiger partial charge is 0.261 e. The van der Waals surface area contributed by atoms with Gasteiger partial charge in [-0.15, -0.1) is 11.3 Å². The number of carbonyl (C=O) groups excluding carboxylic acids is 1. The van der Waals surface area contributed by atoms with Gasteiger partial charge in [-0.2, -0.15) is 0 Å². The Kier molecular flexibility index (Phi) is 7.17. The van der Waals surface area contributed by atoms with Gasteiger partial charge in [-0.05, 0) is 42.2 Å². The number of alkyl halides is 2. The van der Waals surface area contributed by atoms with E-state index in [9.17, 15) is 13.6 Å². The zero-order valence-electron chi connectivity index (χ0n) is 16.9. The number of hydrogen-bond donors (Lipinski definition) is 2. The van der Waals surface area contributed by atoms with Crippen LogP contribution in [0.15, 0.2) is 24.0 Å². The molecule has 2 atom stereocenters. The number of nitrogens with zero attached hydrogens (tertiary/aromatic N) is 3. The average molecular weight is 470 g/mol. The zero-order valence-corrected chi connectivity index (χ0v) is 18.6. The van der Waals surface area contributed by atoms with E-state index in [0.717, 1.165) is 37.1 Å². The first-order valence-electron chi connectivity index (χ1n) is 10.2. The van der Waals surface area contributed by atoms with Crippen LogP contribution >= 0.6 is 23.6 Å². The van der Waals surface area contributed by atoms with Crippen molar-refractivity contribution < 1.29 is 17.8 Å². The first kappa shape index (κ1) is 22.5. The van der Waals surface area contributed by atoms with Crippen LogP contribution in [0.5, 0.6) is 0 Å². The Bertz CT molecular complexity index is 913. The van der Waals surface area contributed by atoms with Crippen LogP contribution in [-0.4, -0.2) is 52.3 Å². The predicted molar refractivity (Wildman–Crippen MR) is 117 cm³/mol. The predicted octanol–water partition coefficient (Wildman–Crippen LogP) is 3.73. The Morgan fingerprint density at radius 1 is 1.45 bits per heavy atom. The summed E-state index contributed by atoms with van der Waals surface area (Å²) in [5.74, 6) is -1.84. The van der Waals surface area contributed by atoms with E-state index in [1.807, 2.05) is 5.38 Å². The number of aromatic nitrogens is 2. The molecule has 0 bridgehead atoms. The van der Waals surface area contributed by atoms with E-state index in [1.54, 1.807) is 11.0 Å². The van der Waals surface area contributed by atoms with Crippen molar-refractivity contribution >= 4 is 35.2 Å². The van der Waals surface area contributed by atoms with Crippen molar-refractivity contribution in [3.63, 3.8) is 0 Å². The van der Waals surface area contributed by atoms with Crippen LogP contribution in [0.2, 0.25) is 0 Å². The number of halogens is 2. The van der Waals surface area contributed by atoms with Gasteiger partial charge in [0.15, 0.2) is 0 Å². The number of hydrogen-bond acceptors (Lipinski definition) is 9. The van der Waals surface area contributed by atoms with Gasteiger partial charge in [0.25, 0.3) is 5.92 Å². The third kappa shape index (κ3) is 5.78. The molecule has 4 rings (SSSR count). The number of ketones is 1. The van der Waals surface area contributed by atoms with E-state index in [-0.39, 0.29) is 24.8 Å².